The lowest BCUT2D eigenvalue weighted by molar-refractivity contribution is -0.149. The number of nitriles is 1. The molecule has 220 valence electrons. The molecular formula is C33H37F2N3O3Si. The Balaban J connectivity index is 1.70. The van der Waals surface area contributed by atoms with Crippen LogP contribution in [0.5, 0.6) is 0 Å². The zero-order valence-corrected chi connectivity index (χ0v) is 26.2. The number of carbonyl (C=O) groups excluding carboxylic acids is 1. The zero-order chi connectivity index (χ0) is 30.6. The number of aryl methyl sites for hydroxylation is 1. The SMILES string of the molecule is CC(=O)O[C@H]1c2c(-c3cccnc3C)ncc([C@H]3CCC(O[Si](C)(C)C(C)(C)C)c4cc(F)cc(C#N)c43)c2C[C@H]1F. The molecule has 2 aliphatic carbocycles. The molecule has 3 aromatic rings. The maximum Gasteiger partial charge on any atom is 0.303 e. The molecule has 2 heterocycles. The van der Waals surface area contributed by atoms with Gasteiger partial charge in [-0.05, 0) is 84.4 Å². The van der Waals surface area contributed by atoms with E-state index in [0.717, 1.165) is 22.4 Å². The number of rotatable bonds is 5. The average Bonchev–Trinajstić information content (AvgIpc) is 3.23. The lowest BCUT2D eigenvalue weighted by Gasteiger charge is -2.42. The summed E-state index contributed by atoms with van der Waals surface area (Å²) >= 11 is 0. The largest absolute Gasteiger partial charge is 0.454 e. The average molecular weight is 590 g/mol. The van der Waals surface area contributed by atoms with Gasteiger partial charge in [-0.3, -0.25) is 14.8 Å². The second kappa shape index (κ2) is 11.0. The van der Waals surface area contributed by atoms with Gasteiger partial charge in [-0.2, -0.15) is 5.26 Å². The van der Waals surface area contributed by atoms with Crippen molar-refractivity contribution in [3.63, 3.8) is 0 Å². The van der Waals surface area contributed by atoms with Gasteiger partial charge in [-0.1, -0.05) is 20.8 Å². The smallest absolute Gasteiger partial charge is 0.303 e. The third-order valence-electron chi connectivity index (χ3n) is 9.16. The summed E-state index contributed by atoms with van der Waals surface area (Å²) in [4.78, 5) is 21.3. The van der Waals surface area contributed by atoms with E-state index in [9.17, 15) is 14.4 Å². The monoisotopic (exact) mass is 589 g/mol. The van der Waals surface area contributed by atoms with Crippen LogP contribution >= 0.6 is 0 Å². The Morgan fingerprint density at radius 1 is 1.14 bits per heavy atom. The predicted octanol–water partition coefficient (Wildman–Crippen LogP) is 7.95. The summed E-state index contributed by atoms with van der Waals surface area (Å²) in [6.45, 7) is 13.9. The van der Waals surface area contributed by atoms with Crippen molar-refractivity contribution in [2.45, 2.75) is 96.3 Å². The summed E-state index contributed by atoms with van der Waals surface area (Å²) < 4.78 is 43.0. The molecule has 0 aliphatic heterocycles. The molecule has 5 rings (SSSR count). The summed E-state index contributed by atoms with van der Waals surface area (Å²) in [6.07, 6.45) is 1.77. The summed E-state index contributed by atoms with van der Waals surface area (Å²) in [7, 11) is -2.23. The maximum atomic E-state index is 15.7. The van der Waals surface area contributed by atoms with E-state index < -0.39 is 32.4 Å². The van der Waals surface area contributed by atoms with Crippen molar-refractivity contribution in [2.75, 3.05) is 0 Å². The van der Waals surface area contributed by atoms with Gasteiger partial charge in [0.1, 0.15) is 12.0 Å². The van der Waals surface area contributed by atoms with Gasteiger partial charge in [0.25, 0.3) is 0 Å². The third kappa shape index (κ3) is 5.27. The fraction of sp³-hybridized carbons (Fsp3) is 0.455. The van der Waals surface area contributed by atoms with Crippen molar-refractivity contribution in [3.05, 3.63) is 81.6 Å². The molecular weight excluding hydrogens is 552 g/mol. The van der Waals surface area contributed by atoms with Crippen LogP contribution < -0.4 is 0 Å². The van der Waals surface area contributed by atoms with E-state index in [1.54, 1.807) is 18.5 Å². The van der Waals surface area contributed by atoms with E-state index in [0.29, 0.717) is 35.2 Å². The number of benzene rings is 1. The highest BCUT2D eigenvalue weighted by Crippen LogP contribution is 2.51. The minimum atomic E-state index is -2.23. The fourth-order valence-electron chi connectivity index (χ4n) is 6.13. The van der Waals surface area contributed by atoms with E-state index in [1.165, 1.54) is 19.1 Å². The molecule has 0 radical (unpaired) electrons. The number of hydrogen-bond donors (Lipinski definition) is 0. The van der Waals surface area contributed by atoms with Crippen molar-refractivity contribution in [1.82, 2.24) is 9.97 Å². The molecule has 4 atom stereocenters. The maximum absolute atomic E-state index is 15.7. The van der Waals surface area contributed by atoms with Crippen molar-refractivity contribution >= 4 is 14.3 Å². The van der Waals surface area contributed by atoms with Crippen molar-refractivity contribution in [2.24, 2.45) is 0 Å². The van der Waals surface area contributed by atoms with Gasteiger partial charge in [0.15, 0.2) is 14.4 Å². The molecule has 0 fully saturated rings. The Bertz CT molecular complexity index is 1590. The Hall–Kier alpha value is -3.48. The number of esters is 1. The van der Waals surface area contributed by atoms with Crippen LogP contribution in [-0.4, -0.2) is 30.4 Å². The number of aromatic nitrogens is 2. The topological polar surface area (TPSA) is 85.1 Å². The van der Waals surface area contributed by atoms with Gasteiger partial charge in [-0.25, -0.2) is 8.78 Å². The van der Waals surface area contributed by atoms with Crippen molar-refractivity contribution in [3.8, 4) is 17.3 Å². The molecule has 1 aromatic carbocycles. The van der Waals surface area contributed by atoms with Crippen LogP contribution in [-0.2, 0) is 20.4 Å². The quantitative estimate of drug-likeness (QED) is 0.222. The minimum Gasteiger partial charge on any atom is -0.454 e. The lowest BCUT2D eigenvalue weighted by Crippen LogP contribution is -2.42. The van der Waals surface area contributed by atoms with E-state index in [1.807, 2.05) is 13.0 Å². The van der Waals surface area contributed by atoms with Gasteiger partial charge in [0.2, 0.25) is 0 Å². The van der Waals surface area contributed by atoms with Crippen LogP contribution in [0.1, 0.15) is 97.7 Å². The molecule has 0 spiro atoms. The number of carbonyl (C=O) groups is 1. The molecule has 0 amide bonds. The molecule has 0 saturated carbocycles. The highest BCUT2D eigenvalue weighted by Gasteiger charge is 2.45. The van der Waals surface area contributed by atoms with Crippen molar-refractivity contribution < 1.29 is 22.7 Å². The highest BCUT2D eigenvalue weighted by molar-refractivity contribution is 6.74. The molecule has 0 bridgehead atoms. The van der Waals surface area contributed by atoms with Crippen LogP contribution in [0.25, 0.3) is 11.3 Å². The second-order valence-electron chi connectivity index (χ2n) is 12.9. The summed E-state index contributed by atoms with van der Waals surface area (Å²) in [5.41, 5.74) is 5.62. The predicted molar refractivity (Wildman–Crippen MR) is 159 cm³/mol. The van der Waals surface area contributed by atoms with Crippen LogP contribution in [0.2, 0.25) is 18.1 Å². The van der Waals surface area contributed by atoms with E-state index in [2.05, 4.69) is 44.9 Å². The normalized spacial score (nSPS) is 21.8. The third-order valence-corrected chi connectivity index (χ3v) is 13.6. The molecule has 9 heteroatoms. The summed E-state index contributed by atoms with van der Waals surface area (Å²) in [6, 6.07) is 8.62. The molecule has 2 aliphatic rings. The lowest BCUT2D eigenvalue weighted by atomic mass is 9.74. The Morgan fingerprint density at radius 2 is 1.88 bits per heavy atom. The van der Waals surface area contributed by atoms with E-state index >= 15 is 4.39 Å². The Kier molecular flexibility index (Phi) is 7.84. The summed E-state index contributed by atoms with van der Waals surface area (Å²) in [5, 5.41) is 10.1. The minimum absolute atomic E-state index is 0.0380. The first kappa shape index (κ1) is 30.0. The first-order chi connectivity index (χ1) is 19.7. The number of halogens is 2. The molecule has 0 N–H and O–H groups in total. The number of pyridine rings is 2. The zero-order valence-electron chi connectivity index (χ0n) is 25.2. The highest BCUT2D eigenvalue weighted by atomic mass is 28.4. The van der Waals surface area contributed by atoms with Crippen LogP contribution in [0, 0.1) is 24.1 Å². The molecule has 0 saturated heterocycles. The van der Waals surface area contributed by atoms with E-state index in [4.69, 9.17) is 14.1 Å². The van der Waals surface area contributed by atoms with Crippen LogP contribution in [0.4, 0.5) is 8.78 Å². The molecule has 2 aromatic heterocycles. The van der Waals surface area contributed by atoms with Gasteiger partial charge < -0.3 is 9.16 Å². The number of ether oxygens (including phenoxy) is 1. The molecule has 6 nitrogen and oxygen atoms in total. The summed E-state index contributed by atoms with van der Waals surface area (Å²) in [5.74, 6) is -1.40. The standard InChI is InChI=1S/C33H37F2N3O3Si/c1-18-22(9-8-12-37-18)31-30-24(15-27(35)32(30)40-19(2)39)26(17-38-31)23-10-11-28(41-42(6,7)33(3,4)5)25-14-21(34)13-20(16-36)29(23)25/h8-9,12-14,17,23,27-28,32H,10-11,15H2,1-7H3/t23-,27-,28?,32-/m1/s1. The van der Waals surface area contributed by atoms with Crippen molar-refractivity contribution in [1.29, 1.82) is 5.26 Å². The van der Waals surface area contributed by atoms with Gasteiger partial charge in [0, 0.05) is 48.5 Å². The number of fused-ring (bicyclic) bond motifs is 2. The number of alkyl halides is 1. The molecule has 1 unspecified atom stereocenters. The van der Waals surface area contributed by atoms with Crippen LogP contribution in [0.15, 0.2) is 36.7 Å². The Labute approximate surface area is 247 Å². The fourth-order valence-corrected chi connectivity index (χ4v) is 7.44. The number of hydrogen-bond acceptors (Lipinski definition) is 6. The van der Waals surface area contributed by atoms with Crippen LogP contribution in [0.3, 0.4) is 0 Å². The van der Waals surface area contributed by atoms with E-state index in [-0.39, 0.29) is 29.0 Å². The molecule has 42 heavy (non-hydrogen) atoms. The first-order valence-corrected chi connectivity index (χ1v) is 17.3. The van der Waals surface area contributed by atoms with Gasteiger partial charge in [-0.15, -0.1) is 0 Å². The Morgan fingerprint density at radius 3 is 2.52 bits per heavy atom. The number of nitrogens with zero attached hydrogens (tertiary/aromatic N) is 3. The first-order valence-electron chi connectivity index (χ1n) is 14.4. The van der Waals surface area contributed by atoms with Gasteiger partial charge in [0.05, 0.1) is 23.4 Å². The second-order valence-corrected chi connectivity index (χ2v) is 17.7. The van der Waals surface area contributed by atoms with Gasteiger partial charge >= 0.3 is 5.97 Å².